The van der Waals surface area contributed by atoms with Crippen LogP contribution in [0.4, 0.5) is 16.2 Å². The van der Waals surface area contributed by atoms with Gasteiger partial charge in [-0.25, -0.2) is 4.79 Å². The zero-order chi connectivity index (χ0) is 30.8. The number of likely N-dealkylation sites (N-methyl/N-ethyl adjacent to an activating group) is 1. The Morgan fingerprint density at radius 1 is 1.00 bits per heavy atom. The summed E-state index contributed by atoms with van der Waals surface area (Å²) in [7, 11) is 2.87. The first kappa shape index (κ1) is 28.8. The number of ketones is 2. The van der Waals surface area contributed by atoms with Gasteiger partial charge in [0.15, 0.2) is 11.4 Å². The van der Waals surface area contributed by atoms with Crippen LogP contribution < -0.4 is 16.4 Å². The Bertz CT molecular complexity index is 1600. The van der Waals surface area contributed by atoms with Gasteiger partial charge >= 0.3 is 6.03 Å². The number of hydrogen-bond donors (Lipinski definition) is 8. The van der Waals surface area contributed by atoms with Crippen molar-refractivity contribution < 1.29 is 44.7 Å². The van der Waals surface area contributed by atoms with Gasteiger partial charge in [-0.05, 0) is 43.8 Å². The van der Waals surface area contributed by atoms with Crippen molar-refractivity contribution in [2.24, 2.45) is 17.6 Å². The highest BCUT2D eigenvalue weighted by atomic mass is 16.4. The first-order valence-corrected chi connectivity index (χ1v) is 13.0. The summed E-state index contributed by atoms with van der Waals surface area (Å²) in [5.41, 5.74) is 1.24. The Morgan fingerprint density at radius 3 is 2.24 bits per heavy atom. The second kappa shape index (κ2) is 9.98. The smallest absolute Gasteiger partial charge is 0.323 e. The van der Waals surface area contributed by atoms with Gasteiger partial charge in [-0.3, -0.25) is 19.3 Å². The number of primary amides is 1. The van der Waals surface area contributed by atoms with E-state index in [1.54, 1.807) is 37.3 Å². The lowest BCUT2D eigenvalue weighted by Gasteiger charge is -2.53. The number of rotatable bonds is 4. The largest absolute Gasteiger partial charge is 0.508 e. The van der Waals surface area contributed by atoms with E-state index in [1.807, 2.05) is 0 Å². The first-order valence-electron chi connectivity index (χ1n) is 13.0. The van der Waals surface area contributed by atoms with Crippen molar-refractivity contribution in [2.75, 3.05) is 24.7 Å². The van der Waals surface area contributed by atoms with Gasteiger partial charge in [0.1, 0.15) is 22.8 Å². The zero-order valence-electron chi connectivity index (χ0n) is 22.8. The average Bonchev–Trinajstić information content (AvgIpc) is 2.92. The third kappa shape index (κ3) is 3.96. The molecular weight excluding hydrogens is 548 g/mol. The molecule has 0 aromatic heterocycles. The van der Waals surface area contributed by atoms with E-state index in [0.717, 1.165) is 0 Å². The van der Waals surface area contributed by atoms with Gasteiger partial charge in [-0.1, -0.05) is 31.2 Å². The molecular formula is C29H30N4O9. The third-order valence-corrected chi connectivity index (χ3v) is 8.41. The Morgan fingerprint density at radius 2 is 1.64 bits per heavy atom. The highest BCUT2D eigenvalue weighted by molar-refractivity contribution is 6.24. The number of aliphatic hydroxyl groups excluding tert-OH is 3. The van der Waals surface area contributed by atoms with Gasteiger partial charge in [0, 0.05) is 17.2 Å². The summed E-state index contributed by atoms with van der Waals surface area (Å²) in [4.78, 5) is 53.3. The molecule has 3 unspecified atom stereocenters. The number of anilines is 2. The number of nitrogens with one attached hydrogen (secondary N) is 2. The van der Waals surface area contributed by atoms with E-state index < -0.39 is 87.4 Å². The fraction of sp³-hybridized carbons (Fsp3) is 0.310. The Hall–Kier alpha value is -4.72. The summed E-state index contributed by atoms with van der Waals surface area (Å²) in [6, 6.07) is 9.24. The van der Waals surface area contributed by atoms with E-state index in [0.29, 0.717) is 11.3 Å². The Kier molecular flexibility index (Phi) is 6.84. The van der Waals surface area contributed by atoms with E-state index in [1.165, 1.54) is 31.1 Å². The quantitative estimate of drug-likeness (QED) is 0.191. The van der Waals surface area contributed by atoms with Crippen LogP contribution in [-0.4, -0.2) is 85.8 Å². The monoisotopic (exact) mass is 578 g/mol. The standard InChI is InChI=1S/C29H30N4O9/c1-11-13-9-10-14(32-28(41)31-12-7-5-4-6-8-12)21(34)16(13)22(35)17-15(11)23(36)19-20(33(2)3)24(37)18(27(30)40)26(39)29(19,42)25(17)38/h4-11,15,19-20,23,34-36,39,42H,1-3H3,(H2,30,40)(H2,31,32,41)/t11-,15?,19?,20-,23?,29-/m0/s1. The number of aliphatic hydroxyl groups is 4. The average molecular weight is 579 g/mol. The van der Waals surface area contributed by atoms with Crippen LogP contribution in [0.1, 0.15) is 24.0 Å². The number of carbonyl (C=O) groups excluding carboxylic acids is 4. The Labute approximate surface area is 239 Å². The molecule has 0 bridgehead atoms. The van der Waals surface area contributed by atoms with Crippen LogP contribution in [0.2, 0.25) is 0 Å². The van der Waals surface area contributed by atoms with Crippen molar-refractivity contribution in [3.8, 4) is 5.75 Å². The third-order valence-electron chi connectivity index (χ3n) is 8.41. The molecule has 42 heavy (non-hydrogen) atoms. The van der Waals surface area contributed by atoms with Crippen molar-refractivity contribution in [1.29, 1.82) is 0 Å². The van der Waals surface area contributed by atoms with E-state index in [9.17, 15) is 44.7 Å². The number of amides is 3. The first-order chi connectivity index (χ1) is 19.7. The molecule has 3 aliphatic carbocycles. The predicted octanol–water partition coefficient (Wildman–Crippen LogP) is 1.14. The molecule has 1 saturated carbocycles. The lowest BCUT2D eigenvalue weighted by molar-refractivity contribution is -0.169. The fourth-order valence-electron chi connectivity index (χ4n) is 6.52. The highest BCUT2D eigenvalue weighted by Gasteiger charge is 2.68. The zero-order valence-corrected chi connectivity index (χ0v) is 22.8. The van der Waals surface area contributed by atoms with Crippen LogP contribution in [-0.2, 0) is 14.4 Å². The molecule has 2 aromatic carbocycles. The number of nitrogens with two attached hydrogens (primary N) is 1. The molecule has 2 aromatic rings. The van der Waals surface area contributed by atoms with Crippen LogP contribution in [0.15, 0.2) is 59.4 Å². The number of phenolic OH excluding ortho intramolecular Hbond substituents is 1. The van der Waals surface area contributed by atoms with Crippen LogP contribution >= 0.6 is 0 Å². The number of benzene rings is 2. The van der Waals surface area contributed by atoms with Gasteiger partial charge in [0.25, 0.3) is 5.91 Å². The molecule has 1 fully saturated rings. The van der Waals surface area contributed by atoms with Gasteiger partial charge in [-0.15, -0.1) is 0 Å². The van der Waals surface area contributed by atoms with Crippen LogP contribution in [0, 0.1) is 11.8 Å². The van der Waals surface area contributed by atoms with Crippen molar-refractivity contribution >= 4 is 40.6 Å². The van der Waals surface area contributed by atoms with Crippen molar-refractivity contribution in [3.05, 3.63) is 70.5 Å². The minimum atomic E-state index is -3.01. The molecule has 0 spiro atoms. The van der Waals surface area contributed by atoms with Crippen molar-refractivity contribution in [3.63, 3.8) is 0 Å². The molecule has 3 aliphatic rings. The molecule has 0 saturated heterocycles. The topological polar surface area (TPSA) is 223 Å². The van der Waals surface area contributed by atoms with Crippen molar-refractivity contribution in [1.82, 2.24) is 4.90 Å². The number of phenols is 1. The molecule has 0 radical (unpaired) electrons. The van der Waals surface area contributed by atoms with Gasteiger partial charge in [0.05, 0.1) is 29.3 Å². The normalized spacial score (nSPS) is 28.7. The van der Waals surface area contributed by atoms with E-state index in [2.05, 4.69) is 10.6 Å². The minimum Gasteiger partial charge on any atom is -0.508 e. The molecule has 13 nitrogen and oxygen atoms in total. The molecule has 0 aliphatic heterocycles. The molecule has 9 N–H and O–H groups in total. The van der Waals surface area contributed by atoms with Gasteiger partial charge in [0.2, 0.25) is 5.78 Å². The number of aromatic hydroxyl groups is 1. The van der Waals surface area contributed by atoms with E-state index in [-0.39, 0.29) is 11.3 Å². The highest BCUT2D eigenvalue weighted by Crippen LogP contribution is 2.56. The second-order valence-corrected chi connectivity index (χ2v) is 10.9. The lowest BCUT2D eigenvalue weighted by Crippen LogP contribution is -2.70. The van der Waals surface area contributed by atoms with Gasteiger partial charge in [-0.2, -0.15) is 0 Å². The minimum absolute atomic E-state index is 0.116. The number of nitrogens with zero attached hydrogens (tertiary/aromatic N) is 1. The second-order valence-electron chi connectivity index (χ2n) is 10.9. The predicted molar refractivity (Wildman–Crippen MR) is 149 cm³/mol. The summed E-state index contributed by atoms with van der Waals surface area (Å²) < 4.78 is 0. The van der Waals surface area contributed by atoms with Gasteiger partial charge < -0.3 is 41.9 Å². The summed E-state index contributed by atoms with van der Waals surface area (Å²) in [6.45, 7) is 1.62. The number of Topliss-reactive ketones (excluding diaryl/α,β-unsaturated/α-hetero) is 2. The number of hydrogen-bond acceptors (Lipinski definition) is 10. The SMILES string of the molecule is C[C@H]1c2ccc(NC(=O)Nc3ccccc3)c(O)c2C(O)=C2C(=O)[C@]3(O)C(O)=C(C(N)=O)C(=O)[C@@H](N(C)C)C3C(O)C21. The van der Waals surface area contributed by atoms with Crippen molar-refractivity contribution in [2.45, 2.75) is 30.6 Å². The number of carbonyl (C=O) groups is 4. The molecule has 220 valence electrons. The van der Waals surface area contributed by atoms with Crippen LogP contribution in [0.5, 0.6) is 5.75 Å². The number of fused-ring (bicyclic) bond motifs is 3. The summed E-state index contributed by atoms with van der Waals surface area (Å²) in [5.74, 6) is -9.95. The molecule has 5 rings (SSSR count). The fourth-order valence-corrected chi connectivity index (χ4v) is 6.52. The number of urea groups is 1. The molecule has 13 heteroatoms. The lowest BCUT2D eigenvalue weighted by atomic mass is 9.54. The summed E-state index contributed by atoms with van der Waals surface area (Å²) in [6.07, 6.45) is -1.70. The summed E-state index contributed by atoms with van der Waals surface area (Å²) >= 11 is 0. The maximum absolute atomic E-state index is 14.0. The maximum Gasteiger partial charge on any atom is 0.323 e. The van der Waals surface area contributed by atoms with E-state index in [4.69, 9.17) is 5.73 Å². The molecule has 0 heterocycles. The summed E-state index contributed by atoms with van der Waals surface area (Å²) in [5, 5.41) is 62.0. The Balaban J connectivity index is 1.64. The van der Waals surface area contributed by atoms with Crippen LogP contribution in [0.3, 0.4) is 0 Å². The number of para-hydroxylation sites is 1. The van der Waals surface area contributed by atoms with E-state index >= 15 is 0 Å². The van der Waals surface area contributed by atoms with Crippen LogP contribution in [0.25, 0.3) is 5.76 Å². The molecule has 3 amide bonds. The maximum atomic E-state index is 14.0. The molecule has 6 atom stereocenters.